The molecule has 0 aliphatic carbocycles. The summed E-state index contributed by atoms with van der Waals surface area (Å²) in [4.78, 5) is 31.5. The molecule has 1 N–H and O–H groups in total. The van der Waals surface area contributed by atoms with Crippen molar-refractivity contribution in [2.24, 2.45) is 5.92 Å². The summed E-state index contributed by atoms with van der Waals surface area (Å²) in [6, 6.07) is 7.15. The lowest BCUT2D eigenvalue weighted by molar-refractivity contribution is -0.126. The number of pyridine rings is 1. The van der Waals surface area contributed by atoms with Crippen molar-refractivity contribution >= 4 is 11.6 Å². The Kier molecular flexibility index (Phi) is 6.98. The Balaban J connectivity index is 1.55. The Morgan fingerprint density at radius 1 is 1.30 bits per heavy atom. The standard InChI is InChI=1S/C21H30N4O2/c1-2-3-4-6-11-22-21(27)17-9-8-12-24(15-17)16-18-14-20(26)25-13-7-5-10-19(25)23-18/h5,7,10,13-14,17H,2-4,6,8-9,11-12,15-16H2,1H3,(H,22,27). The van der Waals surface area contributed by atoms with Crippen LogP contribution in [0.15, 0.2) is 35.3 Å². The lowest BCUT2D eigenvalue weighted by Gasteiger charge is -2.31. The molecule has 1 atom stereocenters. The number of nitrogens with zero attached hydrogens (tertiary/aromatic N) is 3. The first kappa shape index (κ1) is 19.5. The third kappa shape index (κ3) is 5.39. The molecule has 0 aromatic carbocycles. The molecular formula is C21H30N4O2. The highest BCUT2D eigenvalue weighted by Crippen LogP contribution is 2.18. The van der Waals surface area contributed by atoms with Crippen LogP contribution in [0.5, 0.6) is 0 Å². The van der Waals surface area contributed by atoms with Gasteiger partial charge in [0.2, 0.25) is 5.91 Å². The van der Waals surface area contributed by atoms with Crippen molar-refractivity contribution in [3.8, 4) is 0 Å². The van der Waals surface area contributed by atoms with Gasteiger partial charge in [0, 0.05) is 31.9 Å². The van der Waals surface area contributed by atoms with Gasteiger partial charge in [-0.2, -0.15) is 0 Å². The zero-order valence-electron chi connectivity index (χ0n) is 16.2. The molecule has 0 bridgehead atoms. The lowest BCUT2D eigenvalue weighted by atomic mass is 9.97. The number of amides is 1. The topological polar surface area (TPSA) is 66.7 Å². The van der Waals surface area contributed by atoms with E-state index in [0.717, 1.165) is 44.6 Å². The van der Waals surface area contributed by atoms with Gasteiger partial charge in [-0.25, -0.2) is 4.98 Å². The lowest BCUT2D eigenvalue weighted by Crippen LogP contribution is -2.43. The van der Waals surface area contributed by atoms with Crippen molar-refractivity contribution in [1.29, 1.82) is 0 Å². The molecular weight excluding hydrogens is 340 g/mol. The van der Waals surface area contributed by atoms with Gasteiger partial charge in [-0.15, -0.1) is 0 Å². The van der Waals surface area contributed by atoms with E-state index in [1.54, 1.807) is 16.7 Å². The number of unbranched alkanes of at least 4 members (excludes halogenated alkanes) is 3. The predicted molar refractivity (Wildman–Crippen MR) is 107 cm³/mol. The largest absolute Gasteiger partial charge is 0.356 e. The summed E-state index contributed by atoms with van der Waals surface area (Å²) in [7, 11) is 0. The van der Waals surface area contributed by atoms with E-state index in [1.807, 2.05) is 18.2 Å². The minimum atomic E-state index is -0.0611. The number of hydrogen-bond donors (Lipinski definition) is 1. The molecule has 1 aliphatic heterocycles. The monoisotopic (exact) mass is 370 g/mol. The molecule has 27 heavy (non-hydrogen) atoms. The highest BCUT2D eigenvalue weighted by Gasteiger charge is 2.25. The molecule has 3 rings (SSSR count). The summed E-state index contributed by atoms with van der Waals surface area (Å²) < 4.78 is 1.55. The number of aromatic nitrogens is 2. The summed E-state index contributed by atoms with van der Waals surface area (Å²) in [6.45, 7) is 5.25. The molecule has 1 unspecified atom stereocenters. The van der Waals surface area contributed by atoms with Crippen LogP contribution in [-0.2, 0) is 11.3 Å². The smallest absolute Gasteiger partial charge is 0.258 e. The maximum absolute atomic E-state index is 12.5. The second-order valence-electron chi connectivity index (χ2n) is 7.44. The zero-order chi connectivity index (χ0) is 19.1. The second kappa shape index (κ2) is 9.65. The fourth-order valence-corrected chi connectivity index (χ4v) is 3.73. The van der Waals surface area contributed by atoms with E-state index in [2.05, 4.69) is 22.1 Å². The summed E-state index contributed by atoms with van der Waals surface area (Å²) in [5.41, 5.74) is 1.37. The molecule has 1 fully saturated rings. The Morgan fingerprint density at radius 2 is 2.19 bits per heavy atom. The number of nitrogens with one attached hydrogen (secondary N) is 1. The average Bonchev–Trinajstić information content (AvgIpc) is 2.68. The Morgan fingerprint density at radius 3 is 3.04 bits per heavy atom. The summed E-state index contributed by atoms with van der Waals surface area (Å²) >= 11 is 0. The number of hydrogen-bond acceptors (Lipinski definition) is 4. The fourth-order valence-electron chi connectivity index (χ4n) is 3.73. The van der Waals surface area contributed by atoms with Gasteiger partial charge in [0.1, 0.15) is 5.65 Å². The summed E-state index contributed by atoms with van der Waals surface area (Å²) in [5, 5.41) is 3.09. The van der Waals surface area contributed by atoms with Crippen LogP contribution in [-0.4, -0.2) is 39.8 Å². The van der Waals surface area contributed by atoms with Crippen LogP contribution in [0.1, 0.15) is 51.1 Å². The Hall–Kier alpha value is -2.21. The van der Waals surface area contributed by atoms with Gasteiger partial charge >= 0.3 is 0 Å². The van der Waals surface area contributed by atoms with E-state index >= 15 is 0 Å². The van der Waals surface area contributed by atoms with E-state index in [1.165, 1.54) is 19.3 Å². The SMILES string of the molecule is CCCCCCNC(=O)C1CCCN(Cc2cc(=O)n3ccccc3n2)C1. The van der Waals surface area contributed by atoms with Crippen LogP contribution < -0.4 is 10.9 Å². The Labute approximate surface area is 160 Å². The molecule has 0 radical (unpaired) electrons. The fraction of sp³-hybridized carbons (Fsp3) is 0.571. The number of likely N-dealkylation sites (tertiary alicyclic amines) is 1. The van der Waals surface area contributed by atoms with Crippen molar-refractivity contribution in [1.82, 2.24) is 19.6 Å². The van der Waals surface area contributed by atoms with Gasteiger partial charge < -0.3 is 5.32 Å². The average molecular weight is 370 g/mol. The molecule has 1 aliphatic rings. The maximum atomic E-state index is 12.5. The van der Waals surface area contributed by atoms with E-state index in [9.17, 15) is 9.59 Å². The van der Waals surface area contributed by atoms with Gasteiger partial charge in [0.05, 0.1) is 11.6 Å². The predicted octanol–water partition coefficient (Wildman–Crippen LogP) is 2.60. The third-order valence-electron chi connectivity index (χ3n) is 5.22. The second-order valence-corrected chi connectivity index (χ2v) is 7.44. The number of carbonyl (C=O) groups excluding carboxylic acids is 1. The molecule has 6 nitrogen and oxygen atoms in total. The van der Waals surface area contributed by atoms with Crippen LogP contribution in [0.3, 0.4) is 0 Å². The van der Waals surface area contributed by atoms with Crippen LogP contribution >= 0.6 is 0 Å². The molecule has 2 aromatic rings. The first-order valence-electron chi connectivity index (χ1n) is 10.1. The van der Waals surface area contributed by atoms with Crippen molar-refractivity contribution < 1.29 is 4.79 Å². The first-order chi connectivity index (χ1) is 13.2. The van der Waals surface area contributed by atoms with E-state index in [0.29, 0.717) is 12.2 Å². The molecule has 146 valence electrons. The molecule has 1 saturated heterocycles. The van der Waals surface area contributed by atoms with Gasteiger partial charge in [0.25, 0.3) is 5.56 Å². The minimum absolute atomic E-state index is 0.0338. The van der Waals surface area contributed by atoms with Crippen LogP contribution in [0.2, 0.25) is 0 Å². The Bertz CT molecular complexity index is 817. The highest BCUT2D eigenvalue weighted by molar-refractivity contribution is 5.78. The molecule has 2 aromatic heterocycles. The van der Waals surface area contributed by atoms with Crippen LogP contribution in [0.4, 0.5) is 0 Å². The van der Waals surface area contributed by atoms with E-state index in [4.69, 9.17) is 0 Å². The number of carbonyl (C=O) groups is 1. The van der Waals surface area contributed by atoms with Gasteiger partial charge in [-0.1, -0.05) is 32.3 Å². The van der Waals surface area contributed by atoms with Crippen molar-refractivity contribution in [3.63, 3.8) is 0 Å². The van der Waals surface area contributed by atoms with Gasteiger partial charge in [-0.3, -0.25) is 18.9 Å². The summed E-state index contributed by atoms with van der Waals surface area (Å²) in [6.07, 6.45) is 8.34. The number of piperidine rings is 1. The van der Waals surface area contributed by atoms with E-state index in [-0.39, 0.29) is 17.4 Å². The quantitative estimate of drug-likeness (QED) is 0.726. The zero-order valence-corrected chi connectivity index (χ0v) is 16.2. The van der Waals surface area contributed by atoms with Gasteiger partial charge in [0.15, 0.2) is 0 Å². The minimum Gasteiger partial charge on any atom is -0.356 e. The van der Waals surface area contributed by atoms with Gasteiger partial charge in [-0.05, 0) is 37.9 Å². The van der Waals surface area contributed by atoms with Crippen molar-refractivity contribution in [3.05, 3.63) is 46.5 Å². The van der Waals surface area contributed by atoms with E-state index < -0.39 is 0 Å². The molecule has 0 spiro atoms. The normalized spacial score (nSPS) is 17.9. The molecule has 6 heteroatoms. The molecule has 1 amide bonds. The maximum Gasteiger partial charge on any atom is 0.258 e. The highest BCUT2D eigenvalue weighted by atomic mass is 16.2. The van der Waals surface area contributed by atoms with Crippen molar-refractivity contribution in [2.75, 3.05) is 19.6 Å². The molecule has 3 heterocycles. The third-order valence-corrected chi connectivity index (χ3v) is 5.22. The molecule has 0 saturated carbocycles. The number of rotatable bonds is 8. The van der Waals surface area contributed by atoms with Crippen molar-refractivity contribution in [2.45, 2.75) is 52.0 Å². The first-order valence-corrected chi connectivity index (χ1v) is 10.1. The summed E-state index contributed by atoms with van der Waals surface area (Å²) in [5.74, 6) is 0.203. The van der Waals surface area contributed by atoms with Crippen LogP contribution in [0, 0.1) is 5.92 Å². The number of fused-ring (bicyclic) bond motifs is 1. The van der Waals surface area contributed by atoms with Crippen LogP contribution in [0.25, 0.3) is 5.65 Å².